The molecule has 1 atom stereocenters. The topological polar surface area (TPSA) is 58.6 Å². The van der Waals surface area contributed by atoms with E-state index in [9.17, 15) is 9.59 Å². The summed E-state index contributed by atoms with van der Waals surface area (Å²) in [7, 11) is 1.61. The first-order chi connectivity index (χ1) is 12.5. The highest BCUT2D eigenvalue weighted by Crippen LogP contribution is 2.20. The zero-order chi connectivity index (χ0) is 18.9. The fraction of sp³-hybridized carbons (Fsp3) is 0.333. The molecule has 1 N–H and O–H groups in total. The van der Waals surface area contributed by atoms with Crippen LogP contribution >= 0.6 is 0 Å². The highest BCUT2D eigenvalue weighted by Gasteiger charge is 2.19. The molecule has 5 heteroatoms. The van der Waals surface area contributed by atoms with Gasteiger partial charge >= 0.3 is 0 Å². The number of carbonyl (C=O) groups is 2. The Bertz CT molecular complexity index is 731. The minimum Gasteiger partial charge on any atom is -0.496 e. The molecule has 0 spiro atoms. The van der Waals surface area contributed by atoms with Gasteiger partial charge in [0.15, 0.2) is 0 Å². The molecule has 2 amide bonds. The molecule has 0 aliphatic carbocycles. The number of hydrogen-bond acceptors (Lipinski definition) is 3. The van der Waals surface area contributed by atoms with Crippen LogP contribution in [-0.4, -0.2) is 30.4 Å². The average molecular weight is 354 g/mol. The summed E-state index contributed by atoms with van der Waals surface area (Å²) in [6.07, 6.45) is 0.256. The summed E-state index contributed by atoms with van der Waals surface area (Å²) in [5, 5.41) is 2.89. The molecular formula is C21H26N2O3. The quantitative estimate of drug-likeness (QED) is 0.791. The second kappa shape index (κ2) is 9.61. The SMILES string of the molecule is COc1ccccc1CNC(=O)CCN(C(C)=O)C(C)c1ccccc1. The molecule has 0 aromatic heterocycles. The number of methoxy groups -OCH3 is 1. The van der Waals surface area contributed by atoms with Crippen molar-refractivity contribution < 1.29 is 14.3 Å². The van der Waals surface area contributed by atoms with Crippen LogP contribution in [0.2, 0.25) is 0 Å². The first-order valence-electron chi connectivity index (χ1n) is 8.73. The fourth-order valence-corrected chi connectivity index (χ4v) is 2.89. The van der Waals surface area contributed by atoms with Crippen molar-refractivity contribution in [1.29, 1.82) is 0 Å². The molecule has 1 unspecified atom stereocenters. The van der Waals surface area contributed by atoms with Crippen LogP contribution in [0, 0.1) is 0 Å². The smallest absolute Gasteiger partial charge is 0.222 e. The van der Waals surface area contributed by atoms with E-state index in [4.69, 9.17) is 4.74 Å². The summed E-state index contributed by atoms with van der Waals surface area (Å²) in [5.41, 5.74) is 1.97. The Morgan fingerprint density at radius 1 is 1.08 bits per heavy atom. The third-order valence-corrected chi connectivity index (χ3v) is 4.40. The van der Waals surface area contributed by atoms with E-state index in [-0.39, 0.29) is 24.3 Å². The molecular weight excluding hydrogens is 328 g/mol. The van der Waals surface area contributed by atoms with Crippen molar-refractivity contribution in [2.45, 2.75) is 32.9 Å². The normalized spacial score (nSPS) is 11.5. The van der Waals surface area contributed by atoms with Crippen LogP contribution in [0.25, 0.3) is 0 Å². The third kappa shape index (κ3) is 5.34. The van der Waals surface area contributed by atoms with Gasteiger partial charge < -0.3 is 15.0 Å². The summed E-state index contributed by atoms with van der Waals surface area (Å²) >= 11 is 0. The molecule has 0 saturated carbocycles. The van der Waals surface area contributed by atoms with E-state index in [1.165, 1.54) is 6.92 Å². The Kier molecular flexibility index (Phi) is 7.21. The molecule has 0 bridgehead atoms. The van der Waals surface area contributed by atoms with Crippen molar-refractivity contribution in [3.8, 4) is 5.75 Å². The number of carbonyl (C=O) groups excluding carboxylic acids is 2. The minimum absolute atomic E-state index is 0.0427. The molecule has 2 rings (SSSR count). The van der Waals surface area contributed by atoms with Gasteiger partial charge in [-0.2, -0.15) is 0 Å². The summed E-state index contributed by atoms with van der Waals surface area (Å²) in [4.78, 5) is 25.9. The lowest BCUT2D eigenvalue weighted by atomic mass is 10.1. The fourth-order valence-electron chi connectivity index (χ4n) is 2.89. The molecule has 2 aromatic rings. The Labute approximate surface area is 155 Å². The highest BCUT2D eigenvalue weighted by molar-refractivity contribution is 5.78. The molecule has 26 heavy (non-hydrogen) atoms. The number of hydrogen-bond donors (Lipinski definition) is 1. The summed E-state index contributed by atoms with van der Waals surface area (Å²) < 4.78 is 5.28. The maximum absolute atomic E-state index is 12.2. The zero-order valence-electron chi connectivity index (χ0n) is 15.6. The van der Waals surface area contributed by atoms with Crippen molar-refractivity contribution in [3.63, 3.8) is 0 Å². The largest absolute Gasteiger partial charge is 0.496 e. The predicted octanol–water partition coefficient (Wildman–Crippen LogP) is 3.31. The van der Waals surface area contributed by atoms with E-state index in [2.05, 4.69) is 5.32 Å². The van der Waals surface area contributed by atoms with Crippen LogP contribution in [0.4, 0.5) is 0 Å². The lowest BCUT2D eigenvalue weighted by molar-refractivity contribution is -0.131. The molecule has 0 fully saturated rings. The standard InChI is InChI=1S/C21H26N2O3/c1-16(18-9-5-4-6-10-18)23(17(2)24)14-13-21(25)22-15-19-11-7-8-12-20(19)26-3/h4-12,16H,13-15H2,1-3H3,(H,22,25). The van der Waals surface area contributed by atoms with Crippen LogP contribution < -0.4 is 10.1 Å². The van der Waals surface area contributed by atoms with Gasteiger partial charge in [-0.05, 0) is 18.6 Å². The number of amides is 2. The number of benzene rings is 2. The van der Waals surface area contributed by atoms with Gasteiger partial charge in [-0.15, -0.1) is 0 Å². The number of ether oxygens (including phenoxy) is 1. The van der Waals surface area contributed by atoms with E-state index in [1.54, 1.807) is 12.0 Å². The highest BCUT2D eigenvalue weighted by atomic mass is 16.5. The van der Waals surface area contributed by atoms with Gasteiger partial charge in [0, 0.05) is 32.0 Å². The molecule has 0 aliphatic heterocycles. The third-order valence-electron chi connectivity index (χ3n) is 4.40. The van der Waals surface area contributed by atoms with Gasteiger partial charge in [-0.1, -0.05) is 48.5 Å². The predicted molar refractivity (Wildman–Crippen MR) is 102 cm³/mol. The first kappa shape index (κ1) is 19.5. The molecule has 2 aromatic carbocycles. The van der Waals surface area contributed by atoms with E-state index >= 15 is 0 Å². The van der Waals surface area contributed by atoms with Crippen molar-refractivity contribution >= 4 is 11.8 Å². The van der Waals surface area contributed by atoms with E-state index in [1.807, 2.05) is 61.5 Å². The van der Waals surface area contributed by atoms with Gasteiger partial charge in [0.05, 0.1) is 13.2 Å². The van der Waals surface area contributed by atoms with Crippen molar-refractivity contribution in [2.75, 3.05) is 13.7 Å². The second-order valence-corrected chi connectivity index (χ2v) is 6.14. The van der Waals surface area contributed by atoms with E-state index < -0.39 is 0 Å². The molecule has 0 saturated heterocycles. The second-order valence-electron chi connectivity index (χ2n) is 6.14. The van der Waals surface area contributed by atoms with Crippen LogP contribution in [0.5, 0.6) is 5.75 Å². The average Bonchev–Trinajstić information content (AvgIpc) is 2.67. The maximum atomic E-state index is 12.2. The van der Waals surface area contributed by atoms with Gasteiger partial charge in [-0.25, -0.2) is 0 Å². The van der Waals surface area contributed by atoms with Crippen molar-refractivity contribution in [2.24, 2.45) is 0 Å². The number of nitrogens with zero attached hydrogens (tertiary/aromatic N) is 1. The zero-order valence-corrected chi connectivity index (χ0v) is 15.6. The van der Waals surface area contributed by atoms with Gasteiger partial charge in [0.1, 0.15) is 5.75 Å². The van der Waals surface area contributed by atoms with E-state index in [0.29, 0.717) is 13.1 Å². The molecule has 0 radical (unpaired) electrons. The maximum Gasteiger partial charge on any atom is 0.222 e. The molecule has 0 aliphatic rings. The number of para-hydroxylation sites is 1. The summed E-state index contributed by atoms with van der Waals surface area (Å²) in [6.45, 7) is 4.29. The minimum atomic E-state index is -0.0950. The van der Waals surface area contributed by atoms with E-state index in [0.717, 1.165) is 16.9 Å². The Morgan fingerprint density at radius 3 is 2.38 bits per heavy atom. The van der Waals surface area contributed by atoms with Crippen molar-refractivity contribution in [3.05, 3.63) is 65.7 Å². The molecule has 0 heterocycles. The number of rotatable bonds is 8. The van der Waals surface area contributed by atoms with Crippen LogP contribution in [-0.2, 0) is 16.1 Å². The lowest BCUT2D eigenvalue weighted by Crippen LogP contribution is -2.35. The Balaban J connectivity index is 1.90. The molecule has 138 valence electrons. The molecule has 5 nitrogen and oxygen atoms in total. The van der Waals surface area contributed by atoms with Gasteiger partial charge in [0.25, 0.3) is 0 Å². The van der Waals surface area contributed by atoms with Crippen LogP contribution in [0.1, 0.15) is 37.4 Å². The Hall–Kier alpha value is -2.82. The number of nitrogens with one attached hydrogen (secondary N) is 1. The summed E-state index contributed by atoms with van der Waals surface area (Å²) in [6, 6.07) is 17.3. The summed E-state index contributed by atoms with van der Waals surface area (Å²) in [5.74, 6) is 0.608. The van der Waals surface area contributed by atoms with Crippen molar-refractivity contribution in [1.82, 2.24) is 10.2 Å². The monoisotopic (exact) mass is 354 g/mol. The Morgan fingerprint density at radius 2 is 1.73 bits per heavy atom. The first-order valence-corrected chi connectivity index (χ1v) is 8.73. The van der Waals surface area contributed by atoms with Gasteiger partial charge in [0.2, 0.25) is 11.8 Å². The van der Waals surface area contributed by atoms with Gasteiger partial charge in [-0.3, -0.25) is 9.59 Å². The lowest BCUT2D eigenvalue weighted by Gasteiger charge is -2.28. The van der Waals surface area contributed by atoms with Crippen LogP contribution in [0.3, 0.4) is 0 Å². The van der Waals surface area contributed by atoms with Crippen LogP contribution in [0.15, 0.2) is 54.6 Å².